The summed E-state index contributed by atoms with van der Waals surface area (Å²) in [7, 11) is 1.74. The van der Waals surface area contributed by atoms with Gasteiger partial charge in [-0.3, -0.25) is 0 Å². The molecule has 2 aromatic rings. The molecule has 0 aliphatic carbocycles. The second-order valence-electron chi connectivity index (χ2n) is 6.12. The first-order chi connectivity index (χ1) is 10.8. The van der Waals surface area contributed by atoms with Gasteiger partial charge in [-0.25, -0.2) is 0 Å². The second kappa shape index (κ2) is 6.97. The lowest BCUT2D eigenvalue weighted by molar-refractivity contribution is 0.372. The van der Waals surface area contributed by atoms with Gasteiger partial charge in [0.15, 0.2) is 0 Å². The van der Waals surface area contributed by atoms with Crippen LogP contribution in [0.25, 0.3) is 0 Å². The molecule has 0 radical (unpaired) electrons. The molecule has 3 rings (SSSR count). The van der Waals surface area contributed by atoms with E-state index in [0.717, 1.165) is 25.0 Å². The van der Waals surface area contributed by atoms with Crippen molar-refractivity contribution in [1.29, 1.82) is 0 Å². The Morgan fingerprint density at radius 1 is 1.14 bits per heavy atom. The molecule has 22 heavy (non-hydrogen) atoms. The number of rotatable bonds is 5. The van der Waals surface area contributed by atoms with Crippen LogP contribution in [0.3, 0.4) is 0 Å². The lowest BCUT2D eigenvalue weighted by Gasteiger charge is -2.33. The van der Waals surface area contributed by atoms with Crippen LogP contribution in [0.15, 0.2) is 48.5 Å². The molecule has 2 unspecified atom stereocenters. The topological polar surface area (TPSA) is 21.3 Å². The van der Waals surface area contributed by atoms with E-state index in [1.807, 2.05) is 0 Å². The molecule has 1 N–H and O–H groups in total. The maximum atomic E-state index is 5.42. The summed E-state index contributed by atoms with van der Waals surface area (Å²) in [6.45, 7) is 2.26. The minimum atomic E-state index is 0.420. The van der Waals surface area contributed by atoms with Crippen LogP contribution >= 0.6 is 0 Å². The normalized spacial score (nSPS) is 20.5. The van der Waals surface area contributed by atoms with E-state index in [2.05, 4.69) is 60.8 Å². The summed E-state index contributed by atoms with van der Waals surface area (Å²) in [6, 6.07) is 18.3. The van der Waals surface area contributed by atoms with Crippen LogP contribution in [-0.4, -0.2) is 13.2 Å². The molecule has 1 heterocycles. The first kappa shape index (κ1) is 15.1. The Labute approximate surface area is 133 Å². The molecule has 0 bridgehead atoms. The molecular formula is C20H25NO. The van der Waals surface area contributed by atoms with Crippen LogP contribution in [0, 0.1) is 0 Å². The predicted octanol–water partition coefficient (Wildman–Crippen LogP) is 4.29. The zero-order chi connectivity index (χ0) is 15.4. The molecule has 2 heteroatoms. The summed E-state index contributed by atoms with van der Waals surface area (Å²) in [5, 5.41) is 3.83. The predicted molar refractivity (Wildman–Crippen MR) is 91.4 cm³/mol. The fraction of sp³-hybridized carbons (Fsp3) is 0.400. The quantitative estimate of drug-likeness (QED) is 0.888. The van der Waals surface area contributed by atoms with E-state index in [4.69, 9.17) is 4.74 Å². The van der Waals surface area contributed by atoms with Gasteiger partial charge < -0.3 is 10.1 Å². The van der Waals surface area contributed by atoms with Crippen molar-refractivity contribution in [1.82, 2.24) is 5.32 Å². The second-order valence-corrected chi connectivity index (χ2v) is 6.12. The lowest BCUT2D eigenvalue weighted by atomic mass is 9.86. The largest absolute Gasteiger partial charge is 0.497 e. The van der Waals surface area contributed by atoms with Crippen LogP contribution in [0.4, 0.5) is 0 Å². The van der Waals surface area contributed by atoms with Crippen LogP contribution in [0.5, 0.6) is 5.75 Å². The van der Waals surface area contributed by atoms with Gasteiger partial charge in [0.2, 0.25) is 0 Å². The first-order valence-electron chi connectivity index (χ1n) is 8.27. The minimum Gasteiger partial charge on any atom is -0.497 e. The summed E-state index contributed by atoms with van der Waals surface area (Å²) in [6.07, 6.45) is 4.53. The number of methoxy groups -OCH3 is 1. The van der Waals surface area contributed by atoms with Gasteiger partial charge in [0.1, 0.15) is 5.75 Å². The first-order valence-corrected chi connectivity index (χ1v) is 8.27. The third kappa shape index (κ3) is 3.33. The van der Waals surface area contributed by atoms with Crippen LogP contribution in [0.1, 0.15) is 42.5 Å². The number of fused-ring (bicyclic) bond motifs is 1. The number of aryl methyl sites for hydroxylation is 1. The van der Waals surface area contributed by atoms with E-state index in [1.54, 1.807) is 7.11 Å². The molecule has 1 aliphatic rings. The van der Waals surface area contributed by atoms with E-state index in [9.17, 15) is 0 Å². The molecule has 1 aliphatic heterocycles. The van der Waals surface area contributed by atoms with Crippen LogP contribution in [-0.2, 0) is 12.8 Å². The summed E-state index contributed by atoms with van der Waals surface area (Å²) in [4.78, 5) is 0. The van der Waals surface area contributed by atoms with Gasteiger partial charge in [-0.1, -0.05) is 43.3 Å². The molecule has 0 saturated heterocycles. The maximum Gasteiger partial charge on any atom is 0.119 e. The minimum absolute atomic E-state index is 0.420. The van der Waals surface area contributed by atoms with Crippen LogP contribution in [0.2, 0.25) is 0 Å². The van der Waals surface area contributed by atoms with Crippen LogP contribution < -0.4 is 10.1 Å². The standard InChI is InChI=1S/C20H25NO/c1-3-17-13-16-10-11-18(22-2)14-19(16)20(21-17)12-9-15-7-5-4-6-8-15/h4-8,10-11,14,17,20-21H,3,9,12-13H2,1-2H3. The van der Waals surface area contributed by atoms with Crippen molar-refractivity contribution < 1.29 is 4.74 Å². The number of nitrogens with one attached hydrogen (secondary N) is 1. The van der Waals surface area contributed by atoms with E-state index in [1.165, 1.54) is 23.1 Å². The zero-order valence-corrected chi connectivity index (χ0v) is 13.5. The number of hydrogen-bond acceptors (Lipinski definition) is 2. The van der Waals surface area contributed by atoms with Crippen molar-refractivity contribution in [3.8, 4) is 5.75 Å². The third-order valence-electron chi connectivity index (χ3n) is 4.69. The summed E-state index contributed by atoms with van der Waals surface area (Å²) in [5.74, 6) is 0.959. The summed E-state index contributed by atoms with van der Waals surface area (Å²) in [5.41, 5.74) is 4.30. The average Bonchev–Trinajstić information content (AvgIpc) is 2.59. The molecule has 116 valence electrons. The van der Waals surface area contributed by atoms with Crippen molar-refractivity contribution >= 4 is 0 Å². The Hall–Kier alpha value is -1.80. The summed E-state index contributed by atoms with van der Waals surface area (Å²) >= 11 is 0. The van der Waals surface area contributed by atoms with Gasteiger partial charge >= 0.3 is 0 Å². The fourth-order valence-corrected chi connectivity index (χ4v) is 3.37. The van der Waals surface area contributed by atoms with Gasteiger partial charge in [-0.2, -0.15) is 0 Å². The van der Waals surface area contributed by atoms with Crippen molar-refractivity contribution in [3.05, 3.63) is 65.2 Å². The number of hydrogen-bond donors (Lipinski definition) is 1. The molecule has 2 aromatic carbocycles. The zero-order valence-electron chi connectivity index (χ0n) is 13.5. The Morgan fingerprint density at radius 2 is 1.95 bits per heavy atom. The molecule has 2 atom stereocenters. The van der Waals surface area contributed by atoms with Gasteiger partial charge in [0, 0.05) is 12.1 Å². The van der Waals surface area contributed by atoms with E-state index in [0.29, 0.717) is 12.1 Å². The molecule has 0 fully saturated rings. The summed E-state index contributed by atoms with van der Waals surface area (Å²) < 4.78 is 5.42. The Balaban J connectivity index is 1.80. The average molecular weight is 295 g/mol. The Kier molecular flexibility index (Phi) is 4.79. The van der Waals surface area contributed by atoms with Crippen molar-refractivity contribution in [2.75, 3.05) is 7.11 Å². The third-order valence-corrected chi connectivity index (χ3v) is 4.69. The molecular weight excluding hydrogens is 270 g/mol. The maximum absolute atomic E-state index is 5.42. The molecule has 0 spiro atoms. The molecule has 2 nitrogen and oxygen atoms in total. The number of ether oxygens (including phenoxy) is 1. The highest BCUT2D eigenvalue weighted by molar-refractivity contribution is 5.40. The number of benzene rings is 2. The van der Waals surface area contributed by atoms with Gasteiger partial charge in [0.05, 0.1) is 7.11 Å². The lowest BCUT2D eigenvalue weighted by Crippen LogP contribution is -2.39. The van der Waals surface area contributed by atoms with Gasteiger partial charge in [-0.15, -0.1) is 0 Å². The van der Waals surface area contributed by atoms with E-state index in [-0.39, 0.29) is 0 Å². The van der Waals surface area contributed by atoms with E-state index >= 15 is 0 Å². The van der Waals surface area contributed by atoms with Gasteiger partial charge in [0.25, 0.3) is 0 Å². The highest BCUT2D eigenvalue weighted by Gasteiger charge is 2.25. The molecule has 0 amide bonds. The Bertz CT molecular complexity index is 608. The SMILES string of the molecule is CCC1Cc2ccc(OC)cc2C(CCc2ccccc2)N1. The van der Waals surface area contributed by atoms with Gasteiger partial charge in [-0.05, 0) is 54.5 Å². The fourth-order valence-electron chi connectivity index (χ4n) is 3.37. The van der Waals surface area contributed by atoms with Crippen molar-refractivity contribution in [2.24, 2.45) is 0 Å². The Morgan fingerprint density at radius 3 is 2.68 bits per heavy atom. The monoisotopic (exact) mass is 295 g/mol. The molecule has 0 aromatic heterocycles. The van der Waals surface area contributed by atoms with Crippen molar-refractivity contribution in [3.63, 3.8) is 0 Å². The highest BCUT2D eigenvalue weighted by atomic mass is 16.5. The molecule has 0 saturated carbocycles. The smallest absolute Gasteiger partial charge is 0.119 e. The van der Waals surface area contributed by atoms with E-state index < -0.39 is 0 Å². The highest BCUT2D eigenvalue weighted by Crippen LogP contribution is 2.32. The van der Waals surface area contributed by atoms with Crippen molar-refractivity contribution in [2.45, 2.75) is 44.7 Å².